The van der Waals surface area contributed by atoms with Crippen LogP contribution in [0.5, 0.6) is 0 Å². The van der Waals surface area contributed by atoms with E-state index in [-0.39, 0.29) is 78.3 Å². The van der Waals surface area contributed by atoms with Crippen molar-refractivity contribution in [1.29, 1.82) is 0 Å². The van der Waals surface area contributed by atoms with Gasteiger partial charge in [0.15, 0.2) is 0 Å². The van der Waals surface area contributed by atoms with E-state index in [2.05, 4.69) is 0 Å². The van der Waals surface area contributed by atoms with Crippen LogP contribution in [0.4, 0.5) is 28.2 Å². The Labute approximate surface area is 78.1 Å². The Morgan fingerprint density at radius 1 is 0.375 bits per heavy atom. The Kier molecular flexibility index (Phi) is 13600. The van der Waals surface area contributed by atoms with Crippen molar-refractivity contribution < 1.29 is 54.4 Å². The van der Waals surface area contributed by atoms with Gasteiger partial charge in [-0.15, -0.1) is 0 Å². The maximum absolute atomic E-state index is 0. The third-order valence-corrected chi connectivity index (χ3v) is 0. The van der Waals surface area contributed by atoms with E-state index in [0.29, 0.717) is 0 Å². The monoisotopic (exact) mass is 332 g/mol. The van der Waals surface area contributed by atoms with Gasteiger partial charge >= 0.3 is 23.9 Å². The van der Waals surface area contributed by atoms with E-state index in [0.717, 1.165) is 0 Å². The Bertz CT molecular complexity index is 8.49. The number of hydrogen-bond donors (Lipinski definition) is 0. The standard InChI is InChI=1S/6FH.Sn.Zr.2H/h6*1H;;;;. The summed E-state index contributed by atoms with van der Waals surface area (Å²) in [6.07, 6.45) is 0. The van der Waals surface area contributed by atoms with Gasteiger partial charge in [0.05, 0.1) is 0 Å². The van der Waals surface area contributed by atoms with Crippen LogP contribution in [0.2, 0.25) is 0 Å². The van der Waals surface area contributed by atoms with E-state index in [4.69, 9.17) is 0 Å². The molecular formula is H8F6SnZr. The van der Waals surface area contributed by atoms with Crippen molar-refractivity contribution in [2.45, 2.75) is 0 Å². The topological polar surface area (TPSA) is 0 Å². The van der Waals surface area contributed by atoms with Gasteiger partial charge in [-0.3, -0.25) is 28.2 Å². The van der Waals surface area contributed by atoms with E-state index in [9.17, 15) is 0 Å². The predicted octanol–water partition coefficient (Wildman–Crippen LogP) is -0.00370. The van der Waals surface area contributed by atoms with Crippen molar-refractivity contribution in [3.8, 4) is 0 Å². The molecule has 0 heterocycles. The van der Waals surface area contributed by atoms with Gasteiger partial charge < -0.3 is 0 Å². The summed E-state index contributed by atoms with van der Waals surface area (Å²) in [5.74, 6) is 0. The Balaban J connectivity index is 0. The molecule has 0 N–H and O–H groups in total. The zero-order valence-corrected chi connectivity index (χ0v) is 10.2. The molecule has 58 valence electrons. The first-order valence-electron chi connectivity index (χ1n) is 0. The van der Waals surface area contributed by atoms with Crippen molar-refractivity contribution in [2.24, 2.45) is 0 Å². The van der Waals surface area contributed by atoms with E-state index in [1.54, 1.807) is 0 Å². The van der Waals surface area contributed by atoms with Crippen LogP contribution in [-0.4, -0.2) is 23.9 Å². The summed E-state index contributed by atoms with van der Waals surface area (Å²) in [7, 11) is 0. The van der Waals surface area contributed by atoms with Crippen LogP contribution in [0, 0.1) is 0 Å². The zero-order valence-electron chi connectivity index (χ0n) is 3.66. The Morgan fingerprint density at radius 3 is 0.375 bits per heavy atom. The maximum Gasteiger partial charge on any atom is 0 e. The Morgan fingerprint density at radius 2 is 0.375 bits per heavy atom. The molecule has 0 saturated carbocycles. The second-order valence-corrected chi connectivity index (χ2v) is 0. The van der Waals surface area contributed by atoms with E-state index < -0.39 is 0 Å². The number of rotatable bonds is 0. The van der Waals surface area contributed by atoms with E-state index in [1.807, 2.05) is 0 Å². The van der Waals surface area contributed by atoms with Crippen molar-refractivity contribution in [2.75, 3.05) is 0 Å². The molecule has 0 unspecified atom stereocenters. The molecule has 0 aliphatic rings. The molecule has 0 bridgehead atoms. The first kappa shape index (κ1) is 397. The van der Waals surface area contributed by atoms with Crippen LogP contribution >= 0.6 is 0 Å². The molecule has 0 aliphatic carbocycles. The van der Waals surface area contributed by atoms with Crippen LogP contribution in [0.1, 0.15) is 0 Å². The van der Waals surface area contributed by atoms with Gasteiger partial charge in [0.1, 0.15) is 0 Å². The van der Waals surface area contributed by atoms with Crippen LogP contribution in [0.3, 0.4) is 0 Å². The number of halogens is 6. The van der Waals surface area contributed by atoms with Gasteiger partial charge in [-0.1, -0.05) is 0 Å². The fourth-order valence-corrected chi connectivity index (χ4v) is 0. The second kappa shape index (κ2) is 274. The minimum atomic E-state index is 0. The largest absolute Gasteiger partial charge is 0 e. The molecule has 0 aliphatic heterocycles. The van der Waals surface area contributed by atoms with E-state index >= 15 is 0 Å². The molecule has 0 aromatic carbocycles. The van der Waals surface area contributed by atoms with Gasteiger partial charge in [-0.2, -0.15) is 0 Å². The van der Waals surface area contributed by atoms with Crippen molar-refractivity contribution >= 4 is 23.9 Å². The average molecular weight is 332 g/mol. The van der Waals surface area contributed by atoms with Crippen LogP contribution in [-0.2, 0) is 26.2 Å². The molecule has 0 amide bonds. The smallest absolute Gasteiger partial charge is 0 e. The minimum absolute atomic E-state index is 0. The summed E-state index contributed by atoms with van der Waals surface area (Å²) >= 11 is 0. The predicted molar refractivity (Wildman–Crippen MR) is 23.6 cm³/mol. The van der Waals surface area contributed by atoms with Gasteiger partial charge in [-0.25, -0.2) is 0 Å². The van der Waals surface area contributed by atoms with E-state index in [1.165, 1.54) is 0 Å². The molecule has 0 nitrogen and oxygen atoms in total. The van der Waals surface area contributed by atoms with Crippen LogP contribution in [0.15, 0.2) is 0 Å². The summed E-state index contributed by atoms with van der Waals surface area (Å²) < 4.78 is 0. The fourth-order valence-electron chi connectivity index (χ4n) is 0. The summed E-state index contributed by atoms with van der Waals surface area (Å²) in [6.45, 7) is 0. The van der Waals surface area contributed by atoms with Gasteiger partial charge in [0.2, 0.25) is 0 Å². The third kappa shape index (κ3) is 179. The van der Waals surface area contributed by atoms with Gasteiger partial charge in [-0.05, 0) is 0 Å². The molecule has 0 saturated heterocycles. The molecule has 0 spiro atoms. The van der Waals surface area contributed by atoms with Gasteiger partial charge in [0.25, 0.3) is 0 Å². The van der Waals surface area contributed by atoms with Crippen LogP contribution in [0.25, 0.3) is 0 Å². The molecule has 0 atom stereocenters. The SMILES string of the molecule is F.F.F.F.F.F.[SnH2].[Zr]. The first-order chi connectivity index (χ1) is 0. The zero-order chi connectivity index (χ0) is 0. The quantitative estimate of drug-likeness (QED) is 0.433. The normalized spacial score (nSPS) is 0. The van der Waals surface area contributed by atoms with Crippen molar-refractivity contribution in [3.63, 3.8) is 0 Å². The summed E-state index contributed by atoms with van der Waals surface area (Å²) in [5.41, 5.74) is 0. The fraction of sp³-hybridized carbons (Fsp3) is 0. The summed E-state index contributed by atoms with van der Waals surface area (Å²) in [5, 5.41) is 0. The Hall–Kier alpha value is 1.26. The molecule has 8 heteroatoms. The molecule has 0 fully saturated rings. The summed E-state index contributed by atoms with van der Waals surface area (Å²) in [6, 6.07) is 0. The molecule has 0 aromatic rings. The summed E-state index contributed by atoms with van der Waals surface area (Å²) in [4.78, 5) is 0. The molecule has 0 rings (SSSR count). The molecular weight excluding hydrogens is 324 g/mol. The van der Waals surface area contributed by atoms with Gasteiger partial charge in [0, 0.05) is 26.2 Å². The first-order valence-corrected chi connectivity index (χ1v) is 0. The molecule has 8 heavy (non-hydrogen) atoms. The third-order valence-electron chi connectivity index (χ3n) is 0. The molecule has 0 aromatic heterocycles. The van der Waals surface area contributed by atoms with Crippen molar-refractivity contribution in [1.82, 2.24) is 0 Å². The minimum Gasteiger partial charge on any atom is 0 e. The van der Waals surface area contributed by atoms with Crippen LogP contribution < -0.4 is 0 Å². The number of hydrogen-bond acceptors (Lipinski definition) is 0. The maximum atomic E-state index is 0. The van der Waals surface area contributed by atoms with Crippen molar-refractivity contribution in [3.05, 3.63) is 0 Å². The molecule has 2 radical (unpaired) electrons. The average Bonchev–Trinajstić information content (AvgIpc) is 0. The second-order valence-electron chi connectivity index (χ2n) is 0.